The predicted molar refractivity (Wildman–Crippen MR) is 41.4 cm³/mol. The number of phenolic OH excluding ortho intramolecular Hbond substituents is 1. The number of benzene rings is 1. The van der Waals surface area contributed by atoms with Crippen molar-refractivity contribution in [1.29, 1.82) is 0 Å². The van der Waals surface area contributed by atoms with Crippen LogP contribution < -0.4 is 11.2 Å². The molecule has 0 aliphatic carbocycles. The van der Waals surface area contributed by atoms with E-state index in [9.17, 15) is 0 Å². The lowest BCUT2D eigenvalue weighted by molar-refractivity contribution is 0.468. The van der Waals surface area contributed by atoms with Crippen molar-refractivity contribution < 1.29 is 5.11 Å². The van der Waals surface area contributed by atoms with Crippen LogP contribution in [0.5, 0.6) is 5.75 Å². The van der Waals surface area contributed by atoms with Crippen molar-refractivity contribution in [3.05, 3.63) is 23.8 Å². The van der Waals surface area contributed by atoms with Crippen LogP contribution in [-0.2, 0) is 6.54 Å². The average Bonchev–Trinajstić information content (AvgIpc) is 1.94. The van der Waals surface area contributed by atoms with Crippen molar-refractivity contribution >= 4 is 13.3 Å². The standard InChI is InChI=1S/C7H8BNO/c8-6-1-2-7(10)5(3-6)4-9/h1-3,10H,4,9H2. The lowest BCUT2D eigenvalue weighted by Crippen LogP contribution is -2.05. The highest BCUT2D eigenvalue weighted by Crippen LogP contribution is 2.12. The minimum Gasteiger partial charge on any atom is -0.508 e. The molecule has 0 saturated heterocycles. The Bertz CT molecular complexity index is 237. The van der Waals surface area contributed by atoms with E-state index in [0.29, 0.717) is 17.6 Å². The van der Waals surface area contributed by atoms with E-state index in [1.165, 1.54) is 6.07 Å². The van der Waals surface area contributed by atoms with Gasteiger partial charge in [-0.2, -0.15) is 0 Å². The first kappa shape index (κ1) is 7.16. The third-order valence-electron chi connectivity index (χ3n) is 1.32. The molecule has 0 amide bonds. The molecule has 0 bridgehead atoms. The highest BCUT2D eigenvalue weighted by molar-refractivity contribution is 6.32. The van der Waals surface area contributed by atoms with Crippen molar-refractivity contribution in [1.82, 2.24) is 0 Å². The largest absolute Gasteiger partial charge is 0.508 e. The molecule has 0 fully saturated rings. The Morgan fingerprint density at radius 1 is 1.50 bits per heavy atom. The SMILES string of the molecule is [B]c1ccc(O)c(CN)c1. The molecule has 10 heavy (non-hydrogen) atoms. The summed E-state index contributed by atoms with van der Waals surface area (Å²) in [5.41, 5.74) is 6.61. The van der Waals surface area contributed by atoms with E-state index in [1.54, 1.807) is 12.1 Å². The average molecular weight is 133 g/mol. The van der Waals surface area contributed by atoms with E-state index in [0.717, 1.165) is 0 Å². The molecule has 0 atom stereocenters. The molecule has 2 radical (unpaired) electrons. The van der Waals surface area contributed by atoms with Gasteiger partial charge >= 0.3 is 0 Å². The summed E-state index contributed by atoms with van der Waals surface area (Å²) in [6.07, 6.45) is 0. The van der Waals surface area contributed by atoms with Crippen LogP contribution in [-0.4, -0.2) is 13.0 Å². The van der Waals surface area contributed by atoms with Crippen LogP contribution in [0.25, 0.3) is 0 Å². The first-order chi connectivity index (χ1) is 4.74. The molecule has 1 aromatic carbocycles. The Labute approximate surface area is 61.1 Å². The summed E-state index contributed by atoms with van der Waals surface area (Å²) < 4.78 is 0. The molecule has 3 heteroatoms. The van der Waals surface area contributed by atoms with Crippen LogP contribution in [0, 0.1) is 0 Å². The summed E-state index contributed by atoms with van der Waals surface area (Å²) in [4.78, 5) is 0. The fraction of sp³-hybridized carbons (Fsp3) is 0.143. The van der Waals surface area contributed by atoms with Gasteiger partial charge in [0.25, 0.3) is 0 Å². The van der Waals surface area contributed by atoms with Gasteiger partial charge in [0, 0.05) is 12.1 Å². The van der Waals surface area contributed by atoms with Crippen LogP contribution in [0.15, 0.2) is 18.2 Å². The van der Waals surface area contributed by atoms with Gasteiger partial charge in [-0.15, -0.1) is 0 Å². The minimum atomic E-state index is 0.205. The highest BCUT2D eigenvalue weighted by Gasteiger charge is 1.96. The number of hydrogen-bond acceptors (Lipinski definition) is 2. The summed E-state index contributed by atoms with van der Waals surface area (Å²) in [6, 6.07) is 4.83. The maximum absolute atomic E-state index is 9.10. The molecular formula is C7H8BNO. The number of nitrogens with two attached hydrogens (primary N) is 1. The number of phenols is 1. The smallest absolute Gasteiger partial charge is 0.120 e. The quantitative estimate of drug-likeness (QED) is 0.514. The van der Waals surface area contributed by atoms with E-state index in [2.05, 4.69) is 0 Å². The third kappa shape index (κ3) is 1.31. The summed E-state index contributed by atoms with van der Waals surface area (Å²) in [7, 11) is 5.44. The topological polar surface area (TPSA) is 46.2 Å². The Morgan fingerprint density at radius 2 is 2.20 bits per heavy atom. The summed E-state index contributed by atoms with van der Waals surface area (Å²) in [5, 5.41) is 9.10. The maximum atomic E-state index is 9.10. The van der Waals surface area contributed by atoms with Crippen LogP contribution in [0.2, 0.25) is 0 Å². The Kier molecular flexibility index (Phi) is 1.97. The van der Waals surface area contributed by atoms with Crippen molar-refractivity contribution in [2.45, 2.75) is 6.54 Å². The van der Waals surface area contributed by atoms with Crippen LogP contribution in [0.3, 0.4) is 0 Å². The van der Waals surface area contributed by atoms with Crippen LogP contribution in [0.1, 0.15) is 5.56 Å². The molecule has 0 unspecified atom stereocenters. The summed E-state index contributed by atoms with van der Waals surface area (Å²) >= 11 is 0. The van der Waals surface area contributed by atoms with Gasteiger partial charge in [0.1, 0.15) is 13.6 Å². The molecule has 0 spiro atoms. The molecule has 0 saturated carbocycles. The van der Waals surface area contributed by atoms with E-state index >= 15 is 0 Å². The molecule has 50 valence electrons. The normalized spacial score (nSPS) is 9.70. The molecule has 0 aliphatic heterocycles. The Morgan fingerprint density at radius 3 is 2.70 bits per heavy atom. The van der Waals surface area contributed by atoms with Gasteiger partial charge in [-0.05, 0) is 6.07 Å². The van der Waals surface area contributed by atoms with E-state index < -0.39 is 0 Å². The van der Waals surface area contributed by atoms with Crippen molar-refractivity contribution in [2.75, 3.05) is 0 Å². The second-order valence-corrected chi connectivity index (χ2v) is 2.09. The zero-order chi connectivity index (χ0) is 7.56. The van der Waals surface area contributed by atoms with Gasteiger partial charge in [-0.1, -0.05) is 17.6 Å². The summed E-state index contributed by atoms with van der Waals surface area (Å²) in [6.45, 7) is 0.316. The number of rotatable bonds is 1. The zero-order valence-corrected chi connectivity index (χ0v) is 5.54. The molecule has 3 N–H and O–H groups in total. The van der Waals surface area contributed by atoms with E-state index in [1.807, 2.05) is 0 Å². The van der Waals surface area contributed by atoms with Gasteiger partial charge in [-0.3, -0.25) is 0 Å². The number of aromatic hydroxyl groups is 1. The summed E-state index contributed by atoms with van der Waals surface area (Å²) in [5.74, 6) is 0.205. The lowest BCUT2D eigenvalue weighted by atomic mass is 9.94. The highest BCUT2D eigenvalue weighted by atomic mass is 16.3. The van der Waals surface area contributed by atoms with Gasteiger partial charge in [-0.25, -0.2) is 0 Å². The van der Waals surface area contributed by atoms with Gasteiger partial charge in [0.15, 0.2) is 0 Å². The fourth-order valence-corrected chi connectivity index (χ4v) is 0.769. The van der Waals surface area contributed by atoms with Gasteiger partial charge in [0.05, 0.1) is 0 Å². The van der Waals surface area contributed by atoms with Gasteiger partial charge in [0.2, 0.25) is 0 Å². The van der Waals surface area contributed by atoms with E-state index in [-0.39, 0.29) is 5.75 Å². The molecule has 0 aliphatic rings. The minimum absolute atomic E-state index is 0.205. The molecule has 0 aromatic heterocycles. The second-order valence-electron chi connectivity index (χ2n) is 2.09. The van der Waals surface area contributed by atoms with Crippen molar-refractivity contribution in [3.8, 4) is 5.75 Å². The lowest BCUT2D eigenvalue weighted by Gasteiger charge is -2.01. The molecule has 1 aromatic rings. The van der Waals surface area contributed by atoms with Crippen LogP contribution in [0.4, 0.5) is 0 Å². The number of hydrogen-bond donors (Lipinski definition) is 2. The van der Waals surface area contributed by atoms with Crippen molar-refractivity contribution in [3.63, 3.8) is 0 Å². The third-order valence-corrected chi connectivity index (χ3v) is 1.32. The first-order valence-electron chi connectivity index (χ1n) is 3.01. The monoisotopic (exact) mass is 133 g/mol. The van der Waals surface area contributed by atoms with Crippen molar-refractivity contribution in [2.24, 2.45) is 5.73 Å². The zero-order valence-electron chi connectivity index (χ0n) is 5.54. The maximum Gasteiger partial charge on any atom is 0.120 e. The molecule has 1 rings (SSSR count). The fourth-order valence-electron chi connectivity index (χ4n) is 0.769. The molecule has 2 nitrogen and oxygen atoms in total. The molecular weight excluding hydrogens is 125 g/mol. The van der Waals surface area contributed by atoms with Crippen LogP contribution >= 0.6 is 0 Å². The van der Waals surface area contributed by atoms with Gasteiger partial charge < -0.3 is 10.8 Å². The Balaban J connectivity index is 3.09. The second kappa shape index (κ2) is 2.75. The Hall–Kier alpha value is -0.955. The molecule has 0 heterocycles. The van der Waals surface area contributed by atoms with E-state index in [4.69, 9.17) is 18.7 Å². The predicted octanol–water partition coefficient (Wildman–Crippen LogP) is -0.355. The first-order valence-corrected chi connectivity index (χ1v) is 3.01.